The Bertz CT molecular complexity index is 2260. The number of pyridine rings is 2. The number of thiazole rings is 1. The van der Waals surface area contributed by atoms with Crippen LogP contribution in [-0.4, -0.2) is 84.5 Å². The third kappa shape index (κ3) is 6.38. The van der Waals surface area contributed by atoms with E-state index in [9.17, 15) is 14.4 Å². The van der Waals surface area contributed by atoms with Crippen LogP contribution in [0.1, 0.15) is 53.8 Å². The Kier molecular flexibility index (Phi) is 8.73. The Hall–Kier alpha value is -5.35. The van der Waals surface area contributed by atoms with E-state index in [4.69, 9.17) is 4.74 Å². The van der Waals surface area contributed by atoms with Gasteiger partial charge < -0.3 is 15.0 Å². The first-order chi connectivity index (χ1) is 24.0. The number of rotatable bonds is 6. The molecule has 6 heterocycles. The molecule has 0 radical (unpaired) electrons. The van der Waals surface area contributed by atoms with Crippen molar-refractivity contribution in [3.63, 3.8) is 0 Å². The van der Waals surface area contributed by atoms with Crippen LogP contribution in [0.4, 0.5) is 15.0 Å². The SMILES string of the molecule is CNC(=O)c1nc(-c2cc3c(N(C(=O)c4ccc(-n5nnc6cccnc65)cc4F)[C@@H]4CCCN(C(=O)OC(C)(C)C)C4)nccc3s2)cs1. The number of amides is 3. The van der Waals surface area contributed by atoms with Crippen LogP contribution in [-0.2, 0) is 4.74 Å². The van der Waals surface area contributed by atoms with Crippen LogP contribution in [0, 0.1) is 5.82 Å². The Morgan fingerprint density at radius 2 is 1.94 bits per heavy atom. The molecule has 5 aromatic heterocycles. The number of anilines is 1. The Morgan fingerprint density at radius 3 is 2.72 bits per heavy atom. The number of aromatic nitrogens is 6. The van der Waals surface area contributed by atoms with Gasteiger partial charge in [-0.15, -0.1) is 27.8 Å². The number of nitrogens with one attached hydrogen (secondary N) is 1. The van der Waals surface area contributed by atoms with Crippen LogP contribution in [0.15, 0.2) is 60.2 Å². The van der Waals surface area contributed by atoms with Crippen molar-refractivity contribution in [3.05, 3.63) is 76.6 Å². The van der Waals surface area contributed by atoms with Crippen molar-refractivity contribution in [1.29, 1.82) is 0 Å². The molecule has 3 amide bonds. The summed E-state index contributed by atoms with van der Waals surface area (Å²) in [6.45, 7) is 6.00. The lowest BCUT2D eigenvalue weighted by Gasteiger charge is -2.39. The standard InChI is InChI=1S/C34H32FN9O4S2/c1-34(2,3)48-33(47)42-14-6-7-20(17-42)43(28-22-16-27(50-26(22)11-13-38-28)25-18-49-31(39-25)30(45)36-4)32(46)21-10-9-19(15-23(21)35)44-29-24(40-41-44)8-5-12-37-29/h5,8-13,15-16,18,20H,6-7,14,17H2,1-4H3,(H,36,45)/t20-/m1/s1. The molecule has 1 aliphatic heterocycles. The number of hydrogen-bond acceptors (Lipinski definition) is 11. The van der Waals surface area contributed by atoms with Crippen molar-refractivity contribution in [3.8, 4) is 16.3 Å². The van der Waals surface area contributed by atoms with E-state index in [1.54, 1.807) is 68.7 Å². The molecule has 1 aromatic carbocycles. The fraction of sp³-hybridized carbons (Fsp3) is 0.294. The van der Waals surface area contributed by atoms with Crippen LogP contribution in [0.5, 0.6) is 0 Å². The van der Waals surface area contributed by atoms with Gasteiger partial charge in [-0.05, 0) is 70.0 Å². The third-order valence-corrected chi connectivity index (χ3v) is 10.1. The summed E-state index contributed by atoms with van der Waals surface area (Å²) in [5.41, 5.74) is 1.08. The summed E-state index contributed by atoms with van der Waals surface area (Å²) < 4.78 is 24.0. The zero-order valence-electron chi connectivity index (χ0n) is 27.6. The summed E-state index contributed by atoms with van der Waals surface area (Å²) >= 11 is 2.67. The van der Waals surface area contributed by atoms with Gasteiger partial charge in [0.15, 0.2) is 10.7 Å². The van der Waals surface area contributed by atoms with Crippen molar-refractivity contribution in [2.75, 3.05) is 25.0 Å². The lowest BCUT2D eigenvalue weighted by Crippen LogP contribution is -2.53. The maximum atomic E-state index is 16.1. The van der Waals surface area contributed by atoms with Crippen molar-refractivity contribution in [2.24, 2.45) is 0 Å². The van der Waals surface area contributed by atoms with E-state index in [0.29, 0.717) is 58.1 Å². The number of nitrogens with zero attached hydrogens (tertiary/aromatic N) is 8. The van der Waals surface area contributed by atoms with Crippen molar-refractivity contribution >= 4 is 67.6 Å². The molecule has 1 fully saturated rings. The first-order valence-electron chi connectivity index (χ1n) is 15.8. The zero-order valence-corrected chi connectivity index (χ0v) is 29.2. The number of halogens is 1. The predicted octanol–water partition coefficient (Wildman–Crippen LogP) is 6.09. The van der Waals surface area contributed by atoms with Crippen LogP contribution >= 0.6 is 22.7 Å². The van der Waals surface area contributed by atoms with E-state index in [-0.39, 0.29) is 18.0 Å². The number of thiophene rings is 1. The van der Waals surface area contributed by atoms with Crippen LogP contribution < -0.4 is 10.2 Å². The molecule has 1 aliphatic rings. The Balaban J connectivity index is 1.29. The normalized spacial score (nSPS) is 15.0. The molecule has 0 unspecified atom stereocenters. The molecule has 16 heteroatoms. The molecule has 13 nitrogen and oxygen atoms in total. The second kappa shape index (κ2) is 13.2. The first-order valence-corrected chi connectivity index (χ1v) is 17.5. The number of ether oxygens (including phenoxy) is 1. The maximum Gasteiger partial charge on any atom is 0.410 e. The molecule has 7 rings (SSSR count). The smallest absolute Gasteiger partial charge is 0.410 e. The molecule has 6 aromatic rings. The minimum atomic E-state index is -0.765. The summed E-state index contributed by atoms with van der Waals surface area (Å²) in [6.07, 6.45) is 3.84. The topological polar surface area (TPSA) is 148 Å². The van der Waals surface area contributed by atoms with Gasteiger partial charge >= 0.3 is 6.09 Å². The van der Waals surface area contributed by atoms with E-state index in [1.807, 2.05) is 12.1 Å². The highest BCUT2D eigenvalue weighted by atomic mass is 32.1. The monoisotopic (exact) mass is 713 g/mol. The second-order valence-corrected chi connectivity index (χ2v) is 14.6. The molecule has 50 heavy (non-hydrogen) atoms. The number of carbonyl (C=O) groups is 3. The molecular formula is C34H32FN9O4S2. The van der Waals surface area contributed by atoms with Gasteiger partial charge in [-0.2, -0.15) is 4.68 Å². The molecule has 1 atom stereocenters. The minimum absolute atomic E-state index is 0.160. The minimum Gasteiger partial charge on any atom is -0.444 e. The average Bonchev–Trinajstić information content (AvgIpc) is 3.86. The zero-order chi connectivity index (χ0) is 35.2. The van der Waals surface area contributed by atoms with Crippen LogP contribution in [0.3, 0.4) is 0 Å². The van der Waals surface area contributed by atoms with Gasteiger partial charge in [-0.1, -0.05) is 5.21 Å². The van der Waals surface area contributed by atoms with E-state index >= 15 is 4.39 Å². The third-order valence-electron chi connectivity index (χ3n) is 8.10. The van der Waals surface area contributed by atoms with E-state index in [2.05, 4.69) is 30.6 Å². The van der Waals surface area contributed by atoms with Gasteiger partial charge in [0.2, 0.25) is 0 Å². The van der Waals surface area contributed by atoms with Gasteiger partial charge in [0.1, 0.15) is 22.8 Å². The van der Waals surface area contributed by atoms with Gasteiger partial charge in [0.25, 0.3) is 11.8 Å². The lowest BCUT2D eigenvalue weighted by atomic mass is 10.0. The van der Waals surface area contributed by atoms with Crippen LogP contribution in [0.25, 0.3) is 37.5 Å². The molecule has 256 valence electrons. The fourth-order valence-electron chi connectivity index (χ4n) is 5.84. The number of carbonyl (C=O) groups excluding carboxylic acids is 3. The van der Waals surface area contributed by atoms with E-state index in [1.165, 1.54) is 44.4 Å². The summed E-state index contributed by atoms with van der Waals surface area (Å²) in [5, 5.41) is 13.6. The molecular weight excluding hydrogens is 682 g/mol. The Labute approximate surface area is 293 Å². The summed E-state index contributed by atoms with van der Waals surface area (Å²) in [7, 11) is 1.55. The number of hydrogen-bond donors (Lipinski definition) is 1. The van der Waals surface area contributed by atoms with Gasteiger partial charge in [-0.25, -0.2) is 24.1 Å². The highest BCUT2D eigenvalue weighted by Crippen LogP contribution is 2.39. The van der Waals surface area contributed by atoms with Crippen molar-refractivity contribution < 1.29 is 23.5 Å². The average molecular weight is 714 g/mol. The van der Waals surface area contributed by atoms with Gasteiger partial charge in [-0.3, -0.25) is 14.5 Å². The van der Waals surface area contributed by atoms with Crippen molar-refractivity contribution in [1.82, 2.24) is 40.2 Å². The molecule has 1 N–H and O–H groups in total. The highest BCUT2D eigenvalue weighted by molar-refractivity contribution is 7.22. The molecule has 0 bridgehead atoms. The fourth-order valence-corrected chi connectivity index (χ4v) is 7.69. The summed E-state index contributed by atoms with van der Waals surface area (Å²) in [6, 6.07) is 10.9. The van der Waals surface area contributed by atoms with Crippen molar-refractivity contribution in [2.45, 2.75) is 45.3 Å². The van der Waals surface area contributed by atoms with Gasteiger partial charge in [0, 0.05) is 54.1 Å². The van der Waals surface area contributed by atoms with E-state index in [0.717, 1.165) is 9.58 Å². The highest BCUT2D eigenvalue weighted by Gasteiger charge is 2.36. The van der Waals surface area contributed by atoms with Gasteiger partial charge in [0.05, 0.1) is 27.9 Å². The second-order valence-electron chi connectivity index (χ2n) is 12.7. The molecule has 0 saturated carbocycles. The number of likely N-dealkylation sites (tertiary alicyclic amines) is 1. The number of fused-ring (bicyclic) bond motifs is 2. The lowest BCUT2D eigenvalue weighted by molar-refractivity contribution is 0.0195. The molecule has 0 spiro atoms. The summed E-state index contributed by atoms with van der Waals surface area (Å²) in [5.74, 6) is -1.34. The first kappa shape index (κ1) is 33.2. The predicted molar refractivity (Wildman–Crippen MR) is 188 cm³/mol. The Morgan fingerprint density at radius 1 is 1.10 bits per heavy atom. The molecule has 1 saturated heterocycles. The number of benzene rings is 1. The van der Waals surface area contributed by atoms with E-state index < -0.39 is 29.5 Å². The van der Waals surface area contributed by atoms with Crippen LogP contribution in [0.2, 0.25) is 0 Å². The summed E-state index contributed by atoms with van der Waals surface area (Å²) in [4.78, 5) is 57.3. The largest absolute Gasteiger partial charge is 0.444 e. The molecule has 0 aliphatic carbocycles. The maximum absolute atomic E-state index is 16.1. The quantitative estimate of drug-likeness (QED) is 0.216. The number of piperidine rings is 1.